The molecule has 0 aromatic carbocycles. The van der Waals surface area contributed by atoms with Gasteiger partial charge in [-0.25, -0.2) is 0 Å². The molecule has 0 radical (unpaired) electrons. The minimum absolute atomic E-state index is 0.565. The number of hydrogen-bond donors (Lipinski definition) is 1. The Labute approximate surface area is 126 Å². The third kappa shape index (κ3) is 4.73. The monoisotopic (exact) mass is 280 g/mol. The van der Waals surface area contributed by atoms with Crippen LogP contribution in [0.1, 0.15) is 66.2 Å². The lowest BCUT2D eigenvalue weighted by molar-refractivity contribution is 0.145. The molecule has 3 atom stereocenters. The molecule has 3 unspecified atom stereocenters. The Morgan fingerprint density at radius 2 is 1.95 bits per heavy atom. The predicted octanol–water partition coefficient (Wildman–Crippen LogP) is 3.91. The van der Waals surface area contributed by atoms with Gasteiger partial charge in [-0.1, -0.05) is 27.7 Å². The minimum Gasteiger partial charge on any atom is -0.314 e. The third-order valence-corrected chi connectivity index (χ3v) is 5.64. The van der Waals surface area contributed by atoms with Crippen molar-refractivity contribution in [2.45, 2.75) is 72.3 Å². The van der Waals surface area contributed by atoms with Crippen LogP contribution in [-0.4, -0.2) is 37.1 Å². The molecule has 2 fully saturated rings. The van der Waals surface area contributed by atoms with Crippen LogP contribution in [0.15, 0.2) is 0 Å². The number of nitrogens with one attached hydrogen (secondary N) is 1. The quantitative estimate of drug-likeness (QED) is 0.840. The van der Waals surface area contributed by atoms with E-state index in [1.165, 1.54) is 58.2 Å². The highest BCUT2D eigenvalue weighted by Crippen LogP contribution is 2.33. The van der Waals surface area contributed by atoms with Gasteiger partial charge in [0.15, 0.2) is 0 Å². The maximum absolute atomic E-state index is 3.75. The molecule has 1 N–H and O–H groups in total. The first-order valence-corrected chi connectivity index (χ1v) is 8.96. The van der Waals surface area contributed by atoms with Gasteiger partial charge >= 0.3 is 0 Å². The maximum Gasteiger partial charge on any atom is 0.0108 e. The van der Waals surface area contributed by atoms with E-state index in [1.54, 1.807) is 0 Å². The fraction of sp³-hybridized carbons (Fsp3) is 1.00. The molecule has 1 saturated heterocycles. The Kier molecular flexibility index (Phi) is 5.92. The fourth-order valence-corrected chi connectivity index (χ4v) is 4.22. The molecule has 0 aromatic rings. The van der Waals surface area contributed by atoms with E-state index < -0.39 is 0 Å². The zero-order valence-corrected chi connectivity index (χ0v) is 14.3. The van der Waals surface area contributed by atoms with Crippen LogP contribution in [0.4, 0.5) is 0 Å². The molecule has 0 spiro atoms. The molecule has 118 valence electrons. The fourth-order valence-electron chi connectivity index (χ4n) is 4.22. The molecule has 2 nitrogen and oxygen atoms in total. The number of likely N-dealkylation sites (tertiary alicyclic amines) is 1. The molecule has 1 aliphatic carbocycles. The lowest BCUT2D eigenvalue weighted by atomic mass is 9.78. The number of rotatable bonds is 4. The Balaban J connectivity index is 1.88. The van der Waals surface area contributed by atoms with Gasteiger partial charge in [0.2, 0.25) is 0 Å². The third-order valence-electron chi connectivity index (χ3n) is 5.64. The van der Waals surface area contributed by atoms with Crippen LogP contribution < -0.4 is 5.32 Å². The second-order valence-corrected chi connectivity index (χ2v) is 8.16. The summed E-state index contributed by atoms with van der Waals surface area (Å²) in [4.78, 5) is 2.77. The van der Waals surface area contributed by atoms with Crippen molar-refractivity contribution < 1.29 is 0 Å². The second kappa shape index (κ2) is 7.26. The van der Waals surface area contributed by atoms with E-state index in [0.717, 1.165) is 24.4 Å². The lowest BCUT2D eigenvalue weighted by Crippen LogP contribution is -2.45. The van der Waals surface area contributed by atoms with Gasteiger partial charge in [0.1, 0.15) is 0 Å². The first-order valence-electron chi connectivity index (χ1n) is 8.96. The van der Waals surface area contributed by atoms with Crippen LogP contribution in [0, 0.1) is 17.3 Å². The molecule has 1 aliphatic heterocycles. The lowest BCUT2D eigenvalue weighted by Gasteiger charge is -2.38. The summed E-state index contributed by atoms with van der Waals surface area (Å²) < 4.78 is 0. The summed E-state index contributed by atoms with van der Waals surface area (Å²) in [5, 5.41) is 3.75. The van der Waals surface area contributed by atoms with Crippen LogP contribution in [0.5, 0.6) is 0 Å². The average Bonchev–Trinajstić information content (AvgIpc) is 2.55. The highest BCUT2D eigenvalue weighted by Gasteiger charge is 2.31. The van der Waals surface area contributed by atoms with E-state index in [4.69, 9.17) is 0 Å². The summed E-state index contributed by atoms with van der Waals surface area (Å²) in [6.07, 6.45) is 8.40. The smallest absolute Gasteiger partial charge is 0.0108 e. The molecule has 0 bridgehead atoms. The van der Waals surface area contributed by atoms with Crippen molar-refractivity contribution in [2.24, 2.45) is 17.3 Å². The zero-order chi connectivity index (χ0) is 14.6. The zero-order valence-electron chi connectivity index (χ0n) is 14.3. The van der Waals surface area contributed by atoms with Crippen LogP contribution in [0.25, 0.3) is 0 Å². The van der Waals surface area contributed by atoms with Gasteiger partial charge in [-0.05, 0) is 75.4 Å². The molecule has 20 heavy (non-hydrogen) atoms. The van der Waals surface area contributed by atoms with E-state index >= 15 is 0 Å². The molecule has 0 aromatic heterocycles. The summed E-state index contributed by atoms with van der Waals surface area (Å²) in [6, 6.07) is 0.771. The van der Waals surface area contributed by atoms with Crippen molar-refractivity contribution in [3.05, 3.63) is 0 Å². The SMILES string of the molecule is CCNC1CCC(C)CC1CN1CCCC(C)(C)CC1. The van der Waals surface area contributed by atoms with Gasteiger partial charge in [-0.15, -0.1) is 0 Å². The van der Waals surface area contributed by atoms with Gasteiger partial charge in [0.05, 0.1) is 0 Å². The minimum atomic E-state index is 0.565. The van der Waals surface area contributed by atoms with Gasteiger partial charge in [-0.3, -0.25) is 0 Å². The van der Waals surface area contributed by atoms with Gasteiger partial charge in [-0.2, -0.15) is 0 Å². The molecular formula is C18H36N2. The average molecular weight is 280 g/mol. The molecule has 2 rings (SSSR count). The molecule has 0 amide bonds. The standard InChI is InChI=1S/C18H36N2/c1-5-19-17-8-7-15(2)13-16(17)14-20-11-6-9-18(3,4)10-12-20/h15-17,19H,5-14H2,1-4H3. The molecular weight excluding hydrogens is 244 g/mol. The summed E-state index contributed by atoms with van der Waals surface area (Å²) >= 11 is 0. The van der Waals surface area contributed by atoms with Gasteiger partial charge in [0, 0.05) is 12.6 Å². The number of hydrogen-bond acceptors (Lipinski definition) is 2. The predicted molar refractivity (Wildman–Crippen MR) is 88.0 cm³/mol. The van der Waals surface area contributed by atoms with Crippen molar-refractivity contribution in [1.82, 2.24) is 10.2 Å². The van der Waals surface area contributed by atoms with Crippen molar-refractivity contribution in [3.8, 4) is 0 Å². The van der Waals surface area contributed by atoms with Crippen LogP contribution >= 0.6 is 0 Å². The second-order valence-electron chi connectivity index (χ2n) is 8.16. The van der Waals surface area contributed by atoms with Gasteiger partial charge < -0.3 is 10.2 Å². The number of nitrogens with zero attached hydrogens (tertiary/aromatic N) is 1. The normalized spacial score (nSPS) is 35.7. The topological polar surface area (TPSA) is 15.3 Å². The van der Waals surface area contributed by atoms with E-state index in [1.807, 2.05) is 0 Å². The molecule has 2 aliphatic rings. The summed E-state index contributed by atoms with van der Waals surface area (Å²) in [5.74, 6) is 1.80. The van der Waals surface area contributed by atoms with Crippen LogP contribution in [0.2, 0.25) is 0 Å². The molecule has 2 heteroatoms. The van der Waals surface area contributed by atoms with E-state index in [9.17, 15) is 0 Å². The van der Waals surface area contributed by atoms with Crippen LogP contribution in [0.3, 0.4) is 0 Å². The summed E-state index contributed by atoms with van der Waals surface area (Å²) in [6.45, 7) is 14.7. The molecule has 1 saturated carbocycles. The van der Waals surface area contributed by atoms with E-state index in [2.05, 4.69) is 37.9 Å². The Morgan fingerprint density at radius 1 is 1.15 bits per heavy atom. The summed E-state index contributed by atoms with van der Waals surface area (Å²) in [7, 11) is 0. The Hall–Kier alpha value is -0.0800. The highest BCUT2D eigenvalue weighted by atomic mass is 15.1. The maximum atomic E-state index is 3.75. The first kappa shape index (κ1) is 16.3. The summed E-state index contributed by atoms with van der Waals surface area (Å²) in [5.41, 5.74) is 0.565. The Morgan fingerprint density at radius 3 is 2.70 bits per heavy atom. The Bertz CT molecular complexity index is 287. The van der Waals surface area contributed by atoms with Crippen molar-refractivity contribution >= 4 is 0 Å². The first-order chi connectivity index (χ1) is 9.50. The molecule has 1 heterocycles. The van der Waals surface area contributed by atoms with Crippen molar-refractivity contribution in [2.75, 3.05) is 26.2 Å². The largest absolute Gasteiger partial charge is 0.314 e. The van der Waals surface area contributed by atoms with E-state index in [0.29, 0.717) is 5.41 Å². The van der Waals surface area contributed by atoms with E-state index in [-0.39, 0.29) is 0 Å². The van der Waals surface area contributed by atoms with Crippen molar-refractivity contribution in [1.29, 1.82) is 0 Å². The van der Waals surface area contributed by atoms with Gasteiger partial charge in [0.25, 0.3) is 0 Å². The van der Waals surface area contributed by atoms with Crippen LogP contribution in [-0.2, 0) is 0 Å². The highest BCUT2D eigenvalue weighted by molar-refractivity contribution is 4.86. The van der Waals surface area contributed by atoms with Crippen molar-refractivity contribution in [3.63, 3.8) is 0 Å².